The van der Waals surface area contributed by atoms with Gasteiger partial charge in [0.1, 0.15) is 5.41 Å². The van der Waals surface area contributed by atoms with E-state index in [0.717, 1.165) is 19.3 Å². The van der Waals surface area contributed by atoms with E-state index < -0.39 is 5.41 Å². The maximum absolute atomic E-state index is 12.4. The second-order valence-corrected chi connectivity index (χ2v) is 5.22. The number of oxime groups is 1. The lowest BCUT2D eigenvalue weighted by Gasteiger charge is -2.28. The van der Waals surface area contributed by atoms with Gasteiger partial charge in [-0.25, -0.2) is 0 Å². The van der Waals surface area contributed by atoms with Crippen molar-refractivity contribution in [1.82, 2.24) is 5.32 Å². The summed E-state index contributed by atoms with van der Waals surface area (Å²) in [5.74, 6) is -0.0956. The van der Waals surface area contributed by atoms with E-state index in [9.17, 15) is 4.79 Å². The zero-order valence-corrected chi connectivity index (χ0v) is 10.7. The van der Waals surface area contributed by atoms with Crippen LogP contribution in [0.4, 0.5) is 0 Å². The highest BCUT2D eigenvalue weighted by atomic mass is 16.5. The van der Waals surface area contributed by atoms with Crippen LogP contribution in [0.5, 0.6) is 0 Å². The normalized spacial score (nSPS) is 31.5. The molecule has 1 amide bonds. The minimum atomic E-state index is -0.822. The Bertz CT molecular complexity index is 350. The zero-order valence-electron chi connectivity index (χ0n) is 10.7. The zero-order chi connectivity index (χ0) is 13.2. The summed E-state index contributed by atoms with van der Waals surface area (Å²) in [6.07, 6.45) is 4.01. The maximum Gasteiger partial charge on any atom is 0.234 e. The van der Waals surface area contributed by atoms with Gasteiger partial charge in [0.2, 0.25) is 5.91 Å². The molecule has 0 spiro atoms. The molecular weight excluding hydrogens is 234 g/mol. The van der Waals surface area contributed by atoms with Crippen molar-refractivity contribution in [3.05, 3.63) is 0 Å². The van der Waals surface area contributed by atoms with E-state index in [1.165, 1.54) is 0 Å². The van der Waals surface area contributed by atoms with Crippen molar-refractivity contribution >= 4 is 11.7 Å². The van der Waals surface area contributed by atoms with Gasteiger partial charge in [0.25, 0.3) is 0 Å². The van der Waals surface area contributed by atoms with E-state index in [4.69, 9.17) is 15.7 Å². The van der Waals surface area contributed by atoms with Gasteiger partial charge in [0.15, 0.2) is 5.84 Å². The molecule has 1 heterocycles. The van der Waals surface area contributed by atoms with Crippen LogP contribution < -0.4 is 11.1 Å². The van der Waals surface area contributed by atoms with Crippen molar-refractivity contribution in [2.45, 2.75) is 51.2 Å². The van der Waals surface area contributed by atoms with Crippen molar-refractivity contribution < 1.29 is 14.7 Å². The van der Waals surface area contributed by atoms with Crippen LogP contribution in [0.15, 0.2) is 5.16 Å². The van der Waals surface area contributed by atoms with Crippen LogP contribution in [0.25, 0.3) is 0 Å². The van der Waals surface area contributed by atoms with Crippen LogP contribution in [0.3, 0.4) is 0 Å². The number of amidine groups is 1. The Morgan fingerprint density at radius 1 is 1.50 bits per heavy atom. The van der Waals surface area contributed by atoms with Gasteiger partial charge in [-0.3, -0.25) is 4.79 Å². The summed E-state index contributed by atoms with van der Waals surface area (Å²) in [7, 11) is 0. The number of carbonyl (C=O) groups excluding carboxylic acids is 1. The van der Waals surface area contributed by atoms with Crippen molar-refractivity contribution in [3.8, 4) is 0 Å². The van der Waals surface area contributed by atoms with Gasteiger partial charge in [-0.05, 0) is 26.2 Å². The second-order valence-electron chi connectivity index (χ2n) is 5.22. The van der Waals surface area contributed by atoms with Crippen LogP contribution in [0.1, 0.15) is 39.0 Å². The molecule has 2 fully saturated rings. The van der Waals surface area contributed by atoms with Crippen LogP contribution in [0, 0.1) is 5.41 Å². The van der Waals surface area contributed by atoms with Crippen LogP contribution in [-0.4, -0.2) is 35.7 Å². The van der Waals surface area contributed by atoms with E-state index in [0.29, 0.717) is 19.4 Å². The third-order valence-electron chi connectivity index (χ3n) is 4.18. The maximum atomic E-state index is 12.4. The molecule has 1 aliphatic carbocycles. The molecule has 0 aromatic rings. The Kier molecular flexibility index (Phi) is 3.75. The number of hydrogen-bond acceptors (Lipinski definition) is 4. The molecule has 2 unspecified atom stereocenters. The number of hydrogen-bond donors (Lipinski definition) is 3. The summed E-state index contributed by atoms with van der Waals surface area (Å²) >= 11 is 0. The Hall–Kier alpha value is -1.30. The molecule has 4 N–H and O–H groups in total. The predicted octanol–water partition coefficient (Wildman–Crippen LogP) is 0.587. The fourth-order valence-electron chi connectivity index (χ4n) is 2.90. The SMILES string of the molecule is CC1OCCC1NC(=O)C1(C(N)=NO)CCCC1. The van der Waals surface area contributed by atoms with Gasteiger partial charge in [-0.15, -0.1) is 0 Å². The Balaban J connectivity index is 2.09. The number of nitrogens with one attached hydrogen (secondary N) is 1. The minimum Gasteiger partial charge on any atom is -0.409 e. The molecule has 1 aliphatic heterocycles. The van der Waals surface area contributed by atoms with Gasteiger partial charge in [0.05, 0.1) is 12.1 Å². The lowest BCUT2D eigenvalue weighted by Crippen LogP contribution is -2.52. The van der Waals surface area contributed by atoms with Gasteiger partial charge in [-0.1, -0.05) is 18.0 Å². The molecule has 18 heavy (non-hydrogen) atoms. The van der Waals surface area contributed by atoms with Crippen molar-refractivity contribution in [1.29, 1.82) is 0 Å². The number of nitrogens with zero attached hydrogens (tertiary/aromatic N) is 1. The minimum absolute atomic E-state index is 0.0275. The third kappa shape index (κ3) is 2.16. The Labute approximate surface area is 107 Å². The molecule has 0 aromatic heterocycles. The summed E-state index contributed by atoms with van der Waals surface area (Å²) in [6, 6.07) is 0.0291. The molecule has 2 rings (SSSR count). The highest BCUT2D eigenvalue weighted by Crippen LogP contribution is 2.39. The first-order valence-electron chi connectivity index (χ1n) is 6.51. The predicted molar refractivity (Wildman–Crippen MR) is 66.3 cm³/mol. The van der Waals surface area contributed by atoms with Crippen molar-refractivity contribution in [2.24, 2.45) is 16.3 Å². The highest BCUT2D eigenvalue weighted by Gasteiger charge is 2.46. The fraction of sp³-hybridized carbons (Fsp3) is 0.833. The molecule has 0 bridgehead atoms. The van der Waals surface area contributed by atoms with Gasteiger partial charge < -0.3 is 21.0 Å². The Morgan fingerprint density at radius 3 is 2.67 bits per heavy atom. The molecule has 1 saturated carbocycles. The monoisotopic (exact) mass is 255 g/mol. The van der Waals surface area contributed by atoms with Gasteiger partial charge in [-0.2, -0.15) is 0 Å². The molecule has 0 aromatic carbocycles. The smallest absolute Gasteiger partial charge is 0.234 e. The van der Waals surface area contributed by atoms with E-state index in [1.54, 1.807) is 0 Å². The van der Waals surface area contributed by atoms with E-state index in [-0.39, 0.29) is 23.9 Å². The number of ether oxygens (including phenoxy) is 1. The molecule has 2 aliphatic rings. The fourth-order valence-corrected chi connectivity index (χ4v) is 2.90. The molecule has 6 heteroatoms. The first-order valence-corrected chi connectivity index (χ1v) is 6.51. The molecule has 1 saturated heterocycles. The van der Waals surface area contributed by atoms with E-state index >= 15 is 0 Å². The van der Waals surface area contributed by atoms with E-state index in [1.807, 2.05) is 6.92 Å². The average molecular weight is 255 g/mol. The topological polar surface area (TPSA) is 96.9 Å². The van der Waals surface area contributed by atoms with E-state index in [2.05, 4.69) is 10.5 Å². The molecular formula is C12H21N3O3. The molecule has 0 radical (unpaired) electrons. The summed E-state index contributed by atoms with van der Waals surface area (Å²) < 4.78 is 5.42. The van der Waals surface area contributed by atoms with Gasteiger partial charge in [0, 0.05) is 6.61 Å². The quantitative estimate of drug-likeness (QED) is 0.297. The van der Waals surface area contributed by atoms with Crippen LogP contribution in [0.2, 0.25) is 0 Å². The summed E-state index contributed by atoms with van der Waals surface area (Å²) in [6.45, 7) is 2.62. The lowest BCUT2D eigenvalue weighted by molar-refractivity contribution is -0.128. The van der Waals surface area contributed by atoms with Crippen LogP contribution >= 0.6 is 0 Å². The molecule has 6 nitrogen and oxygen atoms in total. The first kappa shape index (κ1) is 13.1. The first-order chi connectivity index (χ1) is 8.60. The summed E-state index contributed by atoms with van der Waals surface area (Å²) in [5.41, 5.74) is 4.91. The highest BCUT2D eigenvalue weighted by molar-refractivity contribution is 6.07. The summed E-state index contributed by atoms with van der Waals surface area (Å²) in [5, 5.41) is 14.9. The van der Waals surface area contributed by atoms with Crippen LogP contribution in [-0.2, 0) is 9.53 Å². The van der Waals surface area contributed by atoms with Crippen molar-refractivity contribution in [3.63, 3.8) is 0 Å². The lowest BCUT2D eigenvalue weighted by atomic mass is 9.83. The van der Waals surface area contributed by atoms with Crippen molar-refractivity contribution in [2.75, 3.05) is 6.61 Å². The largest absolute Gasteiger partial charge is 0.409 e. The number of rotatable bonds is 3. The van der Waals surface area contributed by atoms with Gasteiger partial charge >= 0.3 is 0 Å². The standard InChI is InChI=1S/C12H21N3O3/c1-8-9(4-7-18-8)14-11(16)12(10(13)15-17)5-2-3-6-12/h8-9,17H,2-7H2,1H3,(H2,13,15)(H,14,16). The number of carbonyl (C=O) groups is 1. The summed E-state index contributed by atoms with van der Waals surface area (Å²) in [4.78, 5) is 12.4. The average Bonchev–Trinajstić information content (AvgIpc) is 2.99. The third-order valence-corrected chi connectivity index (χ3v) is 4.18. The number of amides is 1. The Morgan fingerprint density at radius 2 is 2.17 bits per heavy atom. The molecule has 102 valence electrons. The second kappa shape index (κ2) is 5.14. The number of nitrogens with two attached hydrogens (primary N) is 1. The molecule has 2 atom stereocenters.